The van der Waals surface area contributed by atoms with Crippen LogP contribution in [0.15, 0.2) is 48.8 Å². The minimum atomic E-state index is -0.408. The van der Waals surface area contributed by atoms with Crippen LogP contribution in [0.1, 0.15) is 16.1 Å². The van der Waals surface area contributed by atoms with Gasteiger partial charge in [0, 0.05) is 12.4 Å². The second-order valence-corrected chi connectivity index (χ2v) is 4.65. The number of carbonyl (C=O) groups excluding carboxylic acids is 1. The Kier molecular flexibility index (Phi) is 3.74. The first-order valence-corrected chi connectivity index (χ1v) is 6.60. The number of benzene rings is 1. The second kappa shape index (κ2) is 5.85. The molecule has 0 bridgehead atoms. The van der Waals surface area contributed by atoms with Gasteiger partial charge in [-0.15, -0.1) is 0 Å². The van der Waals surface area contributed by atoms with E-state index >= 15 is 0 Å². The fourth-order valence-corrected chi connectivity index (χ4v) is 2.04. The van der Waals surface area contributed by atoms with Gasteiger partial charge in [-0.2, -0.15) is 0 Å². The predicted octanol–water partition coefficient (Wildman–Crippen LogP) is 2.84. The number of hydrogen-bond donors (Lipinski definition) is 0. The third-order valence-corrected chi connectivity index (χ3v) is 3.13. The smallest absolute Gasteiger partial charge is 0.338 e. The molecule has 0 aliphatic rings. The van der Waals surface area contributed by atoms with Gasteiger partial charge in [0.1, 0.15) is 23.8 Å². The van der Waals surface area contributed by atoms with Gasteiger partial charge in [0.15, 0.2) is 0 Å². The van der Waals surface area contributed by atoms with E-state index < -0.39 is 5.97 Å². The van der Waals surface area contributed by atoms with Crippen molar-refractivity contribution in [2.45, 2.75) is 6.61 Å². The van der Waals surface area contributed by atoms with E-state index in [1.54, 1.807) is 41.1 Å². The molecule has 0 aliphatic heterocycles. The number of ether oxygens (including phenoxy) is 2. The van der Waals surface area contributed by atoms with Gasteiger partial charge < -0.3 is 13.9 Å². The summed E-state index contributed by atoms with van der Waals surface area (Å²) in [5.74, 6) is -0.154. The minimum absolute atomic E-state index is 0.251. The third-order valence-electron chi connectivity index (χ3n) is 3.13. The number of esters is 1. The number of halogens is 1. The van der Waals surface area contributed by atoms with Crippen LogP contribution in [-0.4, -0.2) is 22.5 Å². The normalized spacial score (nSPS) is 10.6. The molecule has 1 aromatic carbocycles. The maximum absolute atomic E-state index is 12.8. The summed E-state index contributed by atoms with van der Waals surface area (Å²) in [6.45, 7) is 0.251. The number of carbonyl (C=O) groups is 1. The van der Waals surface area contributed by atoms with Gasteiger partial charge >= 0.3 is 5.97 Å². The molecule has 0 saturated carbocycles. The number of imidazole rings is 1. The molecule has 0 atom stereocenters. The van der Waals surface area contributed by atoms with Gasteiger partial charge in [-0.1, -0.05) is 0 Å². The van der Waals surface area contributed by atoms with Crippen LogP contribution in [0.2, 0.25) is 0 Å². The molecule has 0 aliphatic carbocycles. The number of hydrogen-bond acceptors (Lipinski definition) is 4. The van der Waals surface area contributed by atoms with Crippen LogP contribution >= 0.6 is 0 Å². The highest BCUT2D eigenvalue weighted by molar-refractivity contribution is 5.90. The Morgan fingerprint density at radius 1 is 1.27 bits per heavy atom. The first kappa shape index (κ1) is 14.1. The van der Waals surface area contributed by atoms with Gasteiger partial charge in [-0.25, -0.2) is 14.2 Å². The van der Waals surface area contributed by atoms with Gasteiger partial charge in [0.25, 0.3) is 0 Å². The number of nitrogens with zero attached hydrogens (tertiary/aromatic N) is 2. The average molecular weight is 300 g/mol. The number of rotatable bonds is 4. The number of aromatic nitrogens is 2. The summed E-state index contributed by atoms with van der Waals surface area (Å²) < 4.78 is 24.8. The SMILES string of the molecule is COC(=O)c1ccn2cc(COc3ccc(F)cc3)nc2c1. The zero-order chi connectivity index (χ0) is 15.5. The third kappa shape index (κ3) is 2.90. The van der Waals surface area contributed by atoms with Gasteiger partial charge in [-0.05, 0) is 36.4 Å². The van der Waals surface area contributed by atoms with Crippen LogP contribution in [0, 0.1) is 5.82 Å². The van der Waals surface area contributed by atoms with Gasteiger partial charge in [-0.3, -0.25) is 0 Å². The maximum Gasteiger partial charge on any atom is 0.338 e. The highest BCUT2D eigenvalue weighted by Crippen LogP contribution is 2.14. The predicted molar refractivity (Wildman–Crippen MR) is 77.3 cm³/mol. The Morgan fingerprint density at radius 3 is 2.77 bits per heavy atom. The molecule has 5 nitrogen and oxygen atoms in total. The van der Waals surface area contributed by atoms with E-state index in [4.69, 9.17) is 4.74 Å². The van der Waals surface area contributed by atoms with E-state index in [1.165, 1.54) is 19.2 Å². The molecule has 0 saturated heterocycles. The lowest BCUT2D eigenvalue weighted by molar-refractivity contribution is 0.0600. The fraction of sp³-hybridized carbons (Fsp3) is 0.125. The molecule has 2 heterocycles. The molecule has 3 aromatic rings. The first-order valence-electron chi connectivity index (χ1n) is 6.60. The molecular formula is C16H13FN2O3. The van der Waals surface area contributed by atoms with Crippen LogP contribution in [0.4, 0.5) is 4.39 Å². The highest BCUT2D eigenvalue weighted by Gasteiger charge is 2.08. The molecule has 112 valence electrons. The van der Waals surface area contributed by atoms with Crippen molar-refractivity contribution in [1.29, 1.82) is 0 Å². The Morgan fingerprint density at radius 2 is 2.05 bits per heavy atom. The maximum atomic E-state index is 12.8. The Hall–Kier alpha value is -2.89. The fourth-order valence-electron chi connectivity index (χ4n) is 2.04. The first-order chi connectivity index (χ1) is 10.7. The summed E-state index contributed by atoms with van der Waals surface area (Å²) >= 11 is 0. The quantitative estimate of drug-likeness (QED) is 0.695. The summed E-state index contributed by atoms with van der Waals surface area (Å²) in [7, 11) is 1.33. The molecule has 22 heavy (non-hydrogen) atoms. The van der Waals surface area contributed by atoms with Gasteiger partial charge in [0.2, 0.25) is 0 Å². The summed E-state index contributed by atoms with van der Waals surface area (Å²) in [6.07, 6.45) is 3.54. The Bertz CT molecular complexity index is 812. The lowest BCUT2D eigenvalue weighted by Gasteiger charge is -2.02. The molecule has 0 N–H and O–H groups in total. The standard InChI is InChI=1S/C16H13FN2O3/c1-21-16(20)11-6-7-19-9-13(18-15(19)8-11)10-22-14-4-2-12(17)3-5-14/h2-9H,10H2,1H3. The second-order valence-electron chi connectivity index (χ2n) is 4.65. The van der Waals surface area contributed by atoms with Crippen LogP contribution in [-0.2, 0) is 11.3 Å². The molecule has 0 radical (unpaired) electrons. The van der Waals surface area contributed by atoms with Crippen molar-refractivity contribution >= 4 is 11.6 Å². The topological polar surface area (TPSA) is 52.8 Å². The van der Waals surface area contributed by atoms with E-state index in [0.29, 0.717) is 22.7 Å². The van der Waals surface area contributed by atoms with Gasteiger partial charge in [0.05, 0.1) is 18.4 Å². The summed E-state index contributed by atoms with van der Waals surface area (Å²) in [6, 6.07) is 9.09. The van der Waals surface area contributed by atoms with Crippen LogP contribution in [0.25, 0.3) is 5.65 Å². The van der Waals surface area contributed by atoms with E-state index in [9.17, 15) is 9.18 Å². The van der Waals surface area contributed by atoms with Crippen LogP contribution < -0.4 is 4.74 Å². The Balaban J connectivity index is 1.77. The van der Waals surface area contributed by atoms with E-state index in [1.807, 2.05) is 0 Å². The molecule has 2 aromatic heterocycles. The van der Waals surface area contributed by atoms with E-state index in [0.717, 1.165) is 0 Å². The van der Waals surface area contributed by atoms with E-state index in [-0.39, 0.29) is 12.4 Å². The van der Waals surface area contributed by atoms with Crippen molar-refractivity contribution in [3.05, 3.63) is 65.9 Å². The number of methoxy groups -OCH3 is 1. The highest BCUT2D eigenvalue weighted by atomic mass is 19.1. The molecule has 0 amide bonds. The van der Waals surface area contributed by atoms with Crippen molar-refractivity contribution in [2.75, 3.05) is 7.11 Å². The molecule has 0 unspecified atom stereocenters. The Labute approximate surface area is 125 Å². The largest absolute Gasteiger partial charge is 0.487 e. The van der Waals surface area contributed by atoms with E-state index in [2.05, 4.69) is 9.72 Å². The van der Waals surface area contributed by atoms with Crippen LogP contribution in [0.5, 0.6) is 5.75 Å². The van der Waals surface area contributed by atoms with Crippen molar-refractivity contribution in [1.82, 2.24) is 9.38 Å². The van der Waals surface area contributed by atoms with Crippen LogP contribution in [0.3, 0.4) is 0 Å². The van der Waals surface area contributed by atoms with Crippen molar-refractivity contribution < 1.29 is 18.7 Å². The lowest BCUT2D eigenvalue weighted by Crippen LogP contribution is -2.01. The zero-order valence-electron chi connectivity index (χ0n) is 11.8. The molecule has 6 heteroatoms. The number of fused-ring (bicyclic) bond motifs is 1. The summed E-state index contributed by atoms with van der Waals surface area (Å²) in [5, 5.41) is 0. The monoisotopic (exact) mass is 300 g/mol. The zero-order valence-corrected chi connectivity index (χ0v) is 11.8. The van der Waals surface area contributed by atoms with Crippen molar-refractivity contribution in [2.24, 2.45) is 0 Å². The lowest BCUT2D eigenvalue weighted by atomic mass is 10.3. The summed E-state index contributed by atoms with van der Waals surface area (Å²) in [4.78, 5) is 15.9. The van der Waals surface area contributed by atoms with Crippen molar-refractivity contribution in [3.8, 4) is 5.75 Å². The summed E-state index contributed by atoms with van der Waals surface area (Å²) in [5.41, 5.74) is 1.76. The molecule has 3 rings (SSSR count). The molecule has 0 spiro atoms. The number of pyridine rings is 1. The minimum Gasteiger partial charge on any atom is -0.487 e. The molecule has 0 fully saturated rings. The molecular weight excluding hydrogens is 287 g/mol. The average Bonchev–Trinajstić information content (AvgIpc) is 2.95. The van der Waals surface area contributed by atoms with Crippen molar-refractivity contribution in [3.63, 3.8) is 0 Å².